The molecule has 0 heterocycles. The molecule has 0 atom stereocenters. The normalized spacial score (nSPS) is 10.6. The summed E-state index contributed by atoms with van der Waals surface area (Å²) in [5, 5.41) is 8.64. The lowest BCUT2D eigenvalue weighted by Gasteiger charge is -2.12. The predicted octanol–water partition coefficient (Wildman–Crippen LogP) is 3.34. The number of benzene rings is 1. The zero-order chi connectivity index (χ0) is 13.5. The molecule has 4 nitrogen and oxygen atoms in total. The molecular formula is C13H15BrO4. The van der Waals surface area contributed by atoms with Crippen LogP contribution < -0.4 is 9.47 Å². The Morgan fingerprint density at radius 1 is 1.28 bits per heavy atom. The van der Waals surface area contributed by atoms with Gasteiger partial charge in [-0.05, 0) is 41.9 Å². The lowest BCUT2D eigenvalue weighted by Crippen LogP contribution is -1.98. The summed E-state index contributed by atoms with van der Waals surface area (Å²) < 4.78 is 11.7. The minimum absolute atomic E-state index is 0.501. The summed E-state index contributed by atoms with van der Waals surface area (Å²) >= 11 is 3.38. The first-order chi connectivity index (χ1) is 8.58. The number of hydrogen-bond donors (Lipinski definition) is 1. The highest BCUT2D eigenvalue weighted by Gasteiger charge is 2.08. The summed E-state index contributed by atoms with van der Waals surface area (Å²) in [6.07, 6.45) is 2.57. The van der Waals surface area contributed by atoms with Crippen LogP contribution in [0.2, 0.25) is 0 Å². The van der Waals surface area contributed by atoms with Crippen LogP contribution in [0, 0.1) is 0 Å². The lowest BCUT2D eigenvalue weighted by molar-refractivity contribution is -0.131. The molecule has 1 aromatic rings. The second kappa shape index (κ2) is 7.06. The molecule has 0 unspecified atom stereocenters. The molecule has 0 saturated carbocycles. The van der Waals surface area contributed by atoms with Gasteiger partial charge in [-0.2, -0.15) is 0 Å². The topological polar surface area (TPSA) is 55.8 Å². The van der Waals surface area contributed by atoms with E-state index in [0.29, 0.717) is 30.3 Å². The van der Waals surface area contributed by atoms with E-state index in [2.05, 4.69) is 15.9 Å². The summed E-state index contributed by atoms with van der Waals surface area (Å²) in [4.78, 5) is 10.5. The number of hydrogen-bond acceptors (Lipinski definition) is 3. The Hall–Kier alpha value is -1.49. The molecule has 0 aromatic heterocycles. The third kappa shape index (κ3) is 4.07. The molecule has 5 heteroatoms. The molecule has 0 aliphatic carbocycles. The van der Waals surface area contributed by atoms with E-state index in [0.717, 1.165) is 10.5 Å². The van der Waals surface area contributed by atoms with Gasteiger partial charge in [-0.1, -0.05) is 0 Å². The number of halogens is 1. The van der Waals surface area contributed by atoms with Crippen molar-refractivity contribution in [3.05, 3.63) is 28.2 Å². The summed E-state index contributed by atoms with van der Waals surface area (Å²) in [6.45, 7) is 4.81. The van der Waals surface area contributed by atoms with Crippen LogP contribution in [0.3, 0.4) is 0 Å². The van der Waals surface area contributed by atoms with Crippen molar-refractivity contribution in [1.29, 1.82) is 0 Å². The SMILES string of the molecule is CCOc1cc(OCC)c(C=CC(=O)O)cc1Br. The van der Waals surface area contributed by atoms with Crippen molar-refractivity contribution in [2.45, 2.75) is 13.8 Å². The highest BCUT2D eigenvalue weighted by Crippen LogP contribution is 2.34. The van der Waals surface area contributed by atoms with E-state index in [4.69, 9.17) is 14.6 Å². The van der Waals surface area contributed by atoms with Gasteiger partial charge in [0.1, 0.15) is 11.5 Å². The van der Waals surface area contributed by atoms with Crippen molar-refractivity contribution in [3.8, 4) is 11.5 Å². The molecule has 0 aliphatic rings. The number of carbonyl (C=O) groups is 1. The molecule has 1 rings (SSSR count). The van der Waals surface area contributed by atoms with E-state index < -0.39 is 5.97 Å². The van der Waals surface area contributed by atoms with Gasteiger partial charge >= 0.3 is 5.97 Å². The van der Waals surface area contributed by atoms with E-state index in [1.807, 2.05) is 13.8 Å². The van der Waals surface area contributed by atoms with Gasteiger partial charge in [0, 0.05) is 17.7 Å². The monoisotopic (exact) mass is 314 g/mol. The number of rotatable bonds is 6. The number of aliphatic carboxylic acids is 1. The first-order valence-electron chi connectivity index (χ1n) is 5.58. The van der Waals surface area contributed by atoms with Gasteiger partial charge in [0.15, 0.2) is 0 Å². The first-order valence-corrected chi connectivity index (χ1v) is 6.37. The van der Waals surface area contributed by atoms with Crippen molar-refractivity contribution < 1.29 is 19.4 Å². The van der Waals surface area contributed by atoms with Crippen molar-refractivity contribution in [2.75, 3.05) is 13.2 Å². The lowest BCUT2D eigenvalue weighted by atomic mass is 10.1. The molecule has 0 fully saturated rings. The van der Waals surface area contributed by atoms with E-state index in [1.54, 1.807) is 12.1 Å². The van der Waals surface area contributed by atoms with Gasteiger partial charge in [0.25, 0.3) is 0 Å². The minimum Gasteiger partial charge on any atom is -0.493 e. The Labute approximate surface area is 114 Å². The van der Waals surface area contributed by atoms with Crippen LogP contribution in [0.15, 0.2) is 22.7 Å². The van der Waals surface area contributed by atoms with Crippen LogP contribution in [0.25, 0.3) is 6.08 Å². The van der Waals surface area contributed by atoms with Gasteiger partial charge < -0.3 is 14.6 Å². The zero-order valence-electron chi connectivity index (χ0n) is 10.3. The molecule has 1 N–H and O–H groups in total. The molecule has 0 radical (unpaired) electrons. The average Bonchev–Trinajstić information content (AvgIpc) is 2.31. The van der Waals surface area contributed by atoms with Crippen molar-refractivity contribution in [2.24, 2.45) is 0 Å². The third-order valence-electron chi connectivity index (χ3n) is 2.07. The molecule has 0 spiro atoms. The second-order valence-electron chi connectivity index (χ2n) is 3.36. The van der Waals surface area contributed by atoms with E-state index in [-0.39, 0.29) is 0 Å². The maximum Gasteiger partial charge on any atom is 0.328 e. The molecular weight excluding hydrogens is 300 g/mol. The second-order valence-corrected chi connectivity index (χ2v) is 4.21. The van der Waals surface area contributed by atoms with E-state index >= 15 is 0 Å². The van der Waals surface area contributed by atoms with Gasteiger partial charge in [-0.25, -0.2) is 4.79 Å². The molecule has 1 aromatic carbocycles. The highest BCUT2D eigenvalue weighted by molar-refractivity contribution is 9.10. The van der Waals surface area contributed by atoms with Crippen LogP contribution in [0.1, 0.15) is 19.4 Å². The maximum atomic E-state index is 10.5. The average molecular weight is 315 g/mol. The number of carboxylic acids is 1. The Balaban J connectivity index is 3.15. The van der Waals surface area contributed by atoms with Gasteiger partial charge in [0.05, 0.1) is 17.7 Å². The fraction of sp³-hybridized carbons (Fsp3) is 0.308. The van der Waals surface area contributed by atoms with Gasteiger partial charge in [-0.3, -0.25) is 0 Å². The summed E-state index contributed by atoms with van der Waals surface area (Å²) in [7, 11) is 0. The van der Waals surface area contributed by atoms with Crippen LogP contribution in [0.4, 0.5) is 0 Å². The van der Waals surface area contributed by atoms with E-state index in [9.17, 15) is 4.79 Å². The Morgan fingerprint density at radius 2 is 1.89 bits per heavy atom. The Morgan fingerprint density at radius 3 is 2.44 bits per heavy atom. The number of carboxylic acid groups (broad SMARTS) is 1. The van der Waals surface area contributed by atoms with Crippen LogP contribution in [-0.4, -0.2) is 24.3 Å². The third-order valence-corrected chi connectivity index (χ3v) is 2.69. The summed E-state index contributed by atoms with van der Waals surface area (Å²) in [5.41, 5.74) is 0.689. The van der Waals surface area contributed by atoms with Crippen LogP contribution >= 0.6 is 15.9 Å². The Bertz CT molecular complexity index is 455. The van der Waals surface area contributed by atoms with Crippen molar-refractivity contribution >= 4 is 28.0 Å². The fourth-order valence-electron chi connectivity index (χ4n) is 1.39. The summed E-state index contributed by atoms with van der Waals surface area (Å²) in [6, 6.07) is 3.52. The smallest absolute Gasteiger partial charge is 0.328 e. The standard InChI is InChI=1S/C13H15BrO4/c1-3-17-11-8-12(18-4-2)10(14)7-9(11)5-6-13(15)16/h5-8H,3-4H2,1-2H3,(H,15,16). The first kappa shape index (κ1) is 14.6. The van der Waals surface area contributed by atoms with Crippen LogP contribution in [-0.2, 0) is 4.79 Å². The van der Waals surface area contributed by atoms with Crippen molar-refractivity contribution in [1.82, 2.24) is 0 Å². The minimum atomic E-state index is -0.998. The molecule has 18 heavy (non-hydrogen) atoms. The quantitative estimate of drug-likeness (QED) is 0.818. The zero-order valence-corrected chi connectivity index (χ0v) is 11.9. The maximum absolute atomic E-state index is 10.5. The molecule has 98 valence electrons. The molecule has 0 amide bonds. The highest BCUT2D eigenvalue weighted by atomic mass is 79.9. The van der Waals surface area contributed by atoms with E-state index in [1.165, 1.54) is 6.08 Å². The largest absolute Gasteiger partial charge is 0.493 e. The predicted molar refractivity (Wildman–Crippen MR) is 73.1 cm³/mol. The molecule has 0 bridgehead atoms. The number of ether oxygens (including phenoxy) is 2. The van der Waals surface area contributed by atoms with Crippen LogP contribution in [0.5, 0.6) is 11.5 Å². The van der Waals surface area contributed by atoms with Crippen molar-refractivity contribution in [3.63, 3.8) is 0 Å². The molecule has 0 saturated heterocycles. The molecule has 0 aliphatic heterocycles. The summed E-state index contributed by atoms with van der Waals surface area (Å²) in [5.74, 6) is 0.275. The van der Waals surface area contributed by atoms with Gasteiger partial charge in [-0.15, -0.1) is 0 Å². The Kier molecular flexibility index (Phi) is 5.71. The van der Waals surface area contributed by atoms with Gasteiger partial charge in [0.2, 0.25) is 0 Å². The fourth-order valence-corrected chi connectivity index (χ4v) is 1.86.